The smallest absolute Gasteiger partial charge is 0.324 e. The minimum atomic E-state index is -0.0710. The van der Waals surface area contributed by atoms with Gasteiger partial charge in [-0.3, -0.25) is 4.72 Å². The van der Waals surface area contributed by atoms with Gasteiger partial charge in [-0.25, -0.2) is 9.78 Å². The second kappa shape index (κ2) is 12.7. The lowest BCUT2D eigenvalue weighted by Crippen LogP contribution is -2.56. The number of hydrogen-bond acceptors (Lipinski definition) is 5. The van der Waals surface area contributed by atoms with Crippen molar-refractivity contribution in [3.8, 4) is 0 Å². The van der Waals surface area contributed by atoms with E-state index in [-0.39, 0.29) is 23.3 Å². The van der Waals surface area contributed by atoms with Crippen LogP contribution in [-0.4, -0.2) is 34.0 Å². The van der Waals surface area contributed by atoms with E-state index in [1.165, 1.54) is 63.3 Å². The molecule has 4 saturated carbocycles. The number of rotatable bonds is 8. The predicted molar refractivity (Wildman–Crippen MR) is 174 cm³/mol. The number of aryl methyl sites for hydroxylation is 1. The second-order valence-electron chi connectivity index (χ2n) is 15.7. The zero-order chi connectivity index (χ0) is 30.4. The standard InChI is InChI=1S/C36H57N3O3S/c1-6-24-19-28-29-11-10-26(35(29,4)16-14-30(28)36(5)15-13-27(40)20-31(24)36)8-7-17-37-34(41)39-43-33-12-9-25(18-22(33)2)32-21-38-23(3)42-32/h9,12,21-22,24-31,33,40H,6-8,10-11,13-20H2,1-5H3,(H2,37,39,41)/t22?,24-,25?,26-,27+,28?,29?,30-,31?,33?,35?,36?/m0/s1. The monoisotopic (exact) mass is 611 g/mol. The predicted octanol–water partition coefficient (Wildman–Crippen LogP) is 8.41. The minimum Gasteiger partial charge on any atom is -0.445 e. The van der Waals surface area contributed by atoms with Gasteiger partial charge in [-0.05, 0) is 135 Å². The third-order valence-electron chi connectivity index (χ3n) is 13.6. The summed E-state index contributed by atoms with van der Waals surface area (Å²) in [4.78, 5) is 16.9. The molecule has 0 spiro atoms. The lowest BCUT2D eigenvalue weighted by molar-refractivity contribution is -0.150. The molecule has 5 aliphatic carbocycles. The summed E-state index contributed by atoms with van der Waals surface area (Å²) in [5.74, 6) is 7.22. The van der Waals surface area contributed by atoms with Crippen molar-refractivity contribution in [1.82, 2.24) is 15.0 Å². The number of oxazole rings is 1. The number of urea groups is 1. The summed E-state index contributed by atoms with van der Waals surface area (Å²) in [6.45, 7) is 12.5. The Morgan fingerprint density at radius 1 is 1.07 bits per heavy atom. The van der Waals surface area contributed by atoms with Crippen LogP contribution in [0.15, 0.2) is 22.8 Å². The van der Waals surface area contributed by atoms with Gasteiger partial charge >= 0.3 is 6.03 Å². The Balaban J connectivity index is 0.960. The highest BCUT2D eigenvalue weighted by atomic mass is 32.2. The number of aliphatic hydroxyl groups is 1. The average molecular weight is 612 g/mol. The minimum absolute atomic E-state index is 0.0668. The van der Waals surface area contributed by atoms with Crippen LogP contribution in [0.3, 0.4) is 0 Å². The van der Waals surface area contributed by atoms with Crippen LogP contribution in [0.25, 0.3) is 0 Å². The fourth-order valence-corrected chi connectivity index (χ4v) is 12.0. The van der Waals surface area contributed by atoms with Crippen molar-refractivity contribution >= 4 is 18.0 Å². The van der Waals surface area contributed by atoms with Crippen molar-refractivity contribution < 1.29 is 14.3 Å². The van der Waals surface area contributed by atoms with Gasteiger partial charge in [0.05, 0.1) is 12.3 Å². The van der Waals surface area contributed by atoms with E-state index in [9.17, 15) is 9.90 Å². The van der Waals surface area contributed by atoms with Crippen LogP contribution >= 0.6 is 11.9 Å². The number of carbonyl (C=O) groups is 1. The highest BCUT2D eigenvalue weighted by Gasteiger charge is 2.61. The molecule has 0 bridgehead atoms. The first-order valence-electron chi connectivity index (χ1n) is 17.6. The van der Waals surface area contributed by atoms with Gasteiger partial charge in [-0.1, -0.05) is 46.3 Å². The summed E-state index contributed by atoms with van der Waals surface area (Å²) in [6, 6.07) is -0.0668. The molecule has 43 heavy (non-hydrogen) atoms. The van der Waals surface area contributed by atoms with E-state index in [4.69, 9.17) is 4.42 Å². The molecule has 0 saturated heterocycles. The van der Waals surface area contributed by atoms with E-state index in [1.807, 2.05) is 13.1 Å². The Morgan fingerprint density at radius 3 is 2.60 bits per heavy atom. The number of fused-ring (bicyclic) bond motifs is 5. The fourth-order valence-electron chi connectivity index (χ4n) is 11.2. The molecule has 6 nitrogen and oxygen atoms in total. The van der Waals surface area contributed by atoms with Crippen molar-refractivity contribution in [2.45, 2.75) is 129 Å². The quantitative estimate of drug-likeness (QED) is 0.156. The van der Waals surface area contributed by atoms with Crippen molar-refractivity contribution in [2.75, 3.05) is 6.54 Å². The van der Waals surface area contributed by atoms with Gasteiger partial charge < -0.3 is 14.8 Å². The highest BCUT2D eigenvalue weighted by Crippen LogP contribution is 2.69. The first-order valence-corrected chi connectivity index (χ1v) is 18.5. The van der Waals surface area contributed by atoms with Gasteiger partial charge in [0.15, 0.2) is 5.89 Å². The number of hydrogen-bond donors (Lipinski definition) is 3. The molecule has 0 aromatic carbocycles. The van der Waals surface area contributed by atoms with E-state index in [0.717, 1.165) is 73.5 Å². The van der Waals surface area contributed by atoms with Crippen molar-refractivity contribution in [3.63, 3.8) is 0 Å². The maximum absolute atomic E-state index is 12.6. The van der Waals surface area contributed by atoms with Gasteiger partial charge in [-0.15, -0.1) is 0 Å². The van der Waals surface area contributed by atoms with Gasteiger partial charge in [0.25, 0.3) is 0 Å². The van der Waals surface area contributed by atoms with Gasteiger partial charge in [0, 0.05) is 24.6 Å². The lowest BCUT2D eigenvalue weighted by atomic mass is 9.42. The van der Waals surface area contributed by atoms with Crippen LogP contribution < -0.4 is 10.0 Å². The Kier molecular flexibility index (Phi) is 9.33. The molecule has 2 amide bonds. The third kappa shape index (κ3) is 6.07. The van der Waals surface area contributed by atoms with E-state index < -0.39 is 0 Å². The summed E-state index contributed by atoms with van der Waals surface area (Å²) in [6.07, 6.45) is 20.9. The van der Waals surface area contributed by atoms with Crippen LogP contribution in [-0.2, 0) is 0 Å². The molecular weight excluding hydrogens is 554 g/mol. The molecule has 0 radical (unpaired) electrons. The summed E-state index contributed by atoms with van der Waals surface area (Å²) >= 11 is 1.52. The first kappa shape index (κ1) is 31.5. The number of aliphatic hydroxyl groups excluding tert-OH is 1. The molecule has 5 aliphatic rings. The van der Waals surface area contributed by atoms with Crippen LogP contribution in [0.5, 0.6) is 0 Å². The Morgan fingerprint density at radius 2 is 1.86 bits per heavy atom. The molecular formula is C36H57N3O3S. The maximum Gasteiger partial charge on any atom is 0.324 e. The molecule has 1 heterocycles. The molecule has 6 rings (SSSR count). The maximum atomic E-state index is 12.6. The molecule has 7 heteroatoms. The van der Waals surface area contributed by atoms with Crippen molar-refractivity contribution in [2.24, 2.45) is 52.3 Å². The molecule has 0 aliphatic heterocycles. The number of nitrogens with one attached hydrogen (secondary N) is 2. The van der Waals surface area contributed by atoms with Gasteiger partial charge in [0.1, 0.15) is 5.76 Å². The van der Waals surface area contributed by atoms with Gasteiger partial charge in [0.2, 0.25) is 0 Å². The summed E-state index contributed by atoms with van der Waals surface area (Å²) in [5.41, 5.74) is 0.890. The van der Waals surface area contributed by atoms with E-state index in [1.54, 1.807) is 0 Å². The zero-order valence-electron chi connectivity index (χ0n) is 27.3. The summed E-state index contributed by atoms with van der Waals surface area (Å²) in [7, 11) is 0. The number of nitrogens with zero attached hydrogens (tertiary/aromatic N) is 1. The second-order valence-corrected chi connectivity index (χ2v) is 16.7. The largest absolute Gasteiger partial charge is 0.445 e. The van der Waals surface area contributed by atoms with E-state index in [2.05, 4.69) is 54.9 Å². The Bertz CT molecular complexity index is 1150. The summed E-state index contributed by atoms with van der Waals surface area (Å²) in [5, 5.41) is 13.9. The first-order chi connectivity index (χ1) is 20.6. The molecule has 240 valence electrons. The number of amides is 2. The topological polar surface area (TPSA) is 87.4 Å². The fraction of sp³-hybridized carbons (Fsp3) is 0.833. The molecule has 1 aromatic rings. The molecule has 12 atom stereocenters. The normalized spacial score (nSPS) is 43.9. The van der Waals surface area contributed by atoms with Gasteiger partial charge in [-0.2, -0.15) is 0 Å². The lowest BCUT2D eigenvalue weighted by Gasteiger charge is -2.63. The molecule has 1 aromatic heterocycles. The highest BCUT2D eigenvalue weighted by molar-refractivity contribution is 7.98. The number of carbonyl (C=O) groups excluding carboxylic acids is 1. The van der Waals surface area contributed by atoms with Crippen molar-refractivity contribution in [1.29, 1.82) is 0 Å². The molecule has 3 N–H and O–H groups in total. The van der Waals surface area contributed by atoms with Crippen LogP contribution in [0.2, 0.25) is 0 Å². The summed E-state index contributed by atoms with van der Waals surface area (Å²) < 4.78 is 8.79. The van der Waals surface area contributed by atoms with E-state index >= 15 is 0 Å². The molecule has 4 fully saturated rings. The number of aromatic nitrogens is 1. The van der Waals surface area contributed by atoms with Crippen molar-refractivity contribution in [3.05, 3.63) is 30.0 Å². The van der Waals surface area contributed by atoms with Crippen LogP contribution in [0.1, 0.15) is 122 Å². The van der Waals surface area contributed by atoms with E-state index in [0.29, 0.717) is 22.6 Å². The average Bonchev–Trinajstić information content (AvgIpc) is 3.57. The number of allylic oxidation sites excluding steroid dienone is 1. The van der Waals surface area contributed by atoms with Crippen LogP contribution in [0, 0.1) is 59.2 Å². The van der Waals surface area contributed by atoms with Crippen LogP contribution in [0.4, 0.5) is 4.79 Å². The SMILES string of the molecule is CC[C@H]1CC2C3CC[C@H](CCCNC(=O)NSC4C=CC(c5cnc(C)o5)CC4C)C3(C)CC[C@@H]2C2(C)CC[C@@H](O)CC12. The molecule has 8 unspecified atom stereocenters. The third-order valence-corrected chi connectivity index (χ3v) is 14.8. The Labute approximate surface area is 264 Å². The Hall–Kier alpha value is -1.47. The zero-order valence-corrected chi connectivity index (χ0v) is 28.1.